The Hall–Kier alpha value is -8.00. The Balaban J connectivity index is 1.07. The van der Waals surface area contributed by atoms with Crippen molar-refractivity contribution in [2.75, 3.05) is 4.90 Å². The van der Waals surface area contributed by atoms with Crippen LogP contribution in [0.4, 0.5) is 17.1 Å². The number of rotatable bonds is 6. The van der Waals surface area contributed by atoms with E-state index in [0.29, 0.717) is 0 Å². The summed E-state index contributed by atoms with van der Waals surface area (Å²) in [5.41, 5.74) is 25.8. The molecule has 0 unspecified atom stereocenters. The minimum absolute atomic E-state index is 0.140. The predicted octanol–water partition coefficient (Wildman–Crippen LogP) is 16.8. The molecule has 13 rings (SSSR count). The topological polar surface area (TPSA) is 3.24 Å². The fourth-order valence-electron chi connectivity index (χ4n) is 11.6. The Morgan fingerprint density at radius 2 is 0.585 bits per heavy atom. The molecule has 65 heavy (non-hydrogen) atoms. The summed E-state index contributed by atoms with van der Waals surface area (Å²) in [7, 11) is 0. The highest BCUT2D eigenvalue weighted by atomic mass is 15.1. The zero-order valence-electron chi connectivity index (χ0n) is 36.5. The second-order valence-corrected chi connectivity index (χ2v) is 18.4. The van der Waals surface area contributed by atoms with Crippen LogP contribution in [0, 0.1) is 0 Å². The van der Waals surface area contributed by atoms with Crippen molar-refractivity contribution in [3.05, 3.63) is 270 Å². The van der Waals surface area contributed by atoms with Crippen molar-refractivity contribution in [3.63, 3.8) is 0 Å². The van der Waals surface area contributed by atoms with Crippen molar-refractivity contribution >= 4 is 17.1 Å². The summed E-state index contributed by atoms with van der Waals surface area (Å²) >= 11 is 0. The summed E-state index contributed by atoms with van der Waals surface area (Å²) in [6.07, 6.45) is 0. The smallest absolute Gasteiger partial charge is 0.0726 e. The zero-order valence-corrected chi connectivity index (χ0v) is 36.5. The molecule has 1 spiro atoms. The molecule has 0 aromatic heterocycles. The SMILES string of the molecule is CC1(C)c2ccccc2-c2ccc(N(c3ccc(-c4ccccc4)cc3)c3ccc4c(c3)C3(c5ccccc5-4)c4cc(-c5ccccc5)ccc4-c4ccc(-c5ccccc5)cc43)cc21. The van der Waals surface area contributed by atoms with Gasteiger partial charge in [-0.2, -0.15) is 0 Å². The molecule has 10 aromatic rings. The van der Waals surface area contributed by atoms with Gasteiger partial charge in [-0.25, -0.2) is 0 Å². The lowest BCUT2D eigenvalue weighted by Crippen LogP contribution is -2.26. The second-order valence-electron chi connectivity index (χ2n) is 18.4. The van der Waals surface area contributed by atoms with Gasteiger partial charge in [0.1, 0.15) is 0 Å². The molecule has 0 bridgehead atoms. The van der Waals surface area contributed by atoms with Crippen LogP contribution in [0.5, 0.6) is 0 Å². The summed E-state index contributed by atoms with van der Waals surface area (Å²) in [4.78, 5) is 2.49. The van der Waals surface area contributed by atoms with Crippen molar-refractivity contribution in [3.8, 4) is 66.8 Å². The van der Waals surface area contributed by atoms with Crippen molar-refractivity contribution in [2.45, 2.75) is 24.7 Å². The lowest BCUT2D eigenvalue weighted by molar-refractivity contribution is 0.660. The molecular weight excluding hydrogens is 783 g/mol. The first-order chi connectivity index (χ1) is 32.0. The number of nitrogens with zero attached hydrogens (tertiary/aromatic N) is 1. The maximum atomic E-state index is 2.52. The predicted molar refractivity (Wildman–Crippen MR) is 271 cm³/mol. The summed E-state index contributed by atoms with van der Waals surface area (Å²) in [6.45, 7) is 4.75. The van der Waals surface area contributed by atoms with Gasteiger partial charge in [-0.15, -0.1) is 0 Å². The molecule has 0 aliphatic heterocycles. The summed E-state index contributed by atoms with van der Waals surface area (Å²) in [6, 6.07) is 88.4. The molecule has 1 nitrogen and oxygen atoms in total. The lowest BCUT2D eigenvalue weighted by Gasteiger charge is -2.33. The average Bonchev–Trinajstić information content (AvgIpc) is 3.92. The molecule has 0 atom stereocenters. The van der Waals surface area contributed by atoms with E-state index in [1.165, 1.54) is 100 Å². The van der Waals surface area contributed by atoms with E-state index in [4.69, 9.17) is 0 Å². The summed E-state index contributed by atoms with van der Waals surface area (Å²) in [5, 5.41) is 0. The fraction of sp³-hybridized carbons (Fsp3) is 0.0625. The van der Waals surface area contributed by atoms with Gasteiger partial charge in [-0.3, -0.25) is 0 Å². The standard InChI is InChI=1S/C64H45N/c1-63(2)57-24-14-12-22-51(57)53-36-32-49(40-59(53)63)65(48-30-26-45(27-31-48)42-16-6-3-7-17-42)50-33-37-56-52-23-13-15-25-58(52)64(62(56)41-50)60-38-46(43-18-8-4-9-19-43)28-34-54(60)55-35-29-47(39-61(55)64)44-20-10-5-11-21-44/h3-41H,1-2H3. The summed E-state index contributed by atoms with van der Waals surface area (Å²) in [5.74, 6) is 0. The van der Waals surface area contributed by atoms with Crippen LogP contribution in [0.1, 0.15) is 47.2 Å². The number of fused-ring (bicyclic) bond motifs is 13. The van der Waals surface area contributed by atoms with Gasteiger partial charge in [0.05, 0.1) is 5.41 Å². The molecule has 1 heteroatoms. The van der Waals surface area contributed by atoms with Gasteiger partial charge < -0.3 is 4.90 Å². The molecule has 306 valence electrons. The quantitative estimate of drug-likeness (QED) is 0.161. The Kier molecular flexibility index (Phi) is 8.24. The van der Waals surface area contributed by atoms with E-state index in [1.54, 1.807) is 0 Å². The molecule has 0 heterocycles. The van der Waals surface area contributed by atoms with E-state index >= 15 is 0 Å². The van der Waals surface area contributed by atoms with Crippen molar-refractivity contribution in [1.82, 2.24) is 0 Å². The van der Waals surface area contributed by atoms with Crippen LogP contribution in [-0.4, -0.2) is 0 Å². The molecule has 0 amide bonds. The van der Waals surface area contributed by atoms with Gasteiger partial charge >= 0.3 is 0 Å². The first kappa shape index (κ1) is 37.5. The van der Waals surface area contributed by atoms with Crippen molar-refractivity contribution in [1.29, 1.82) is 0 Å². The molecule has 3 aliphatic carbocycles. The van der Waals surface area contributed by atoms with Gasteiger partial charge in [0.15, 0.2) is 0 Å². The van der Waals surface area contributed by atoms with Gasteiger partial charge in [0.25, 0.3) is 0 Å². The van der Waals surface area contributed by atoms with Gasteiger partial charge in [-0.1, -0.05) is 202 Å². The van der Waals surface area contributed by atoms with E-state index in [9.17, 15) is 0 Å². The third-order valence-electron chi connectivity index (χ3n) is 14.7. The number of hydrogen-bond acceptors (Lipinski definition) is 1. The molecule has 10 aromatic carbocycles. The van der Waals surface area contributed by atoms with Gasteiger partial charge in [0, 0.05) is 22.5 Å². The highest BCUT2D eigenvalue weighted by Gasteiger charge is 2.52. The molecule has 0 saturated heterocycles. The van der Waals surface area contributed by atoms with E-state index in [0.717, 1.165) is 17.1 Å². The van der Waals surface area contributed by atoms with Gasteiger partial charge in [0.2, 0.25) is 0 Å². The average molecular weight is 828 g/mol. The highest BCUT2D eigenvalue weighted by Crippen LogP contribution is 2.64. The molecule has 0 saturated carbocycles. The van der Waals surface area contributed by atoms with E-state index in [2.05, 4.69) is 255 Å². The molecule has 0 fully saturated rings. The van der Waals surface area contributed by atoms with Crippen LogP contribution in [0.2, 0.25) is 0 Å². The fourth-order valence-corrected chi connectivity index (χ4v) is 11.6. The summed E-state index contributed by atoms with van der Waals surface area (Å²) < 4.78 is 0. The number of anilines is 3. The largest absolute Gasteiger partial charge is 0.310 e. The van der Waals surface area contributed by atoms with Crippen molar-refractivity contribution in [2.24, 2.45) is 0 Å². The Morgan fingerprint density at radius 1 is 0.246 bits per heavy atom. The van der Waals surface area contributed by atoms with E-state index < -0.39 is 5.41 Å². The molecule has 0 N–H and O–H groups in total. The van der Waals surface area contributed by atoms with Crippen molar-refractivity contribution < 1.29 is 0 Å². The van der Waals surface area contributed by atoms with Gasteiger partial charge in [-0.05, 0) is 149 Å². The second kappa shape index (κ2) is 14.3. The molecule has 0 radical (unpaired) electrons. The Bertz CT molecular complexity index is 3400. The zero-order chi connectivity index (χ0) is 43.3. The Morgan fingerprint density at radius 3 is 1.12 bits per heavy atom. The first-order valence-corrected chi connectivity index (χ1v) is 22.8. The third-order valence-corrected chi connectivity index (χ3v) is 14.7. The van der Waals surface area contributed by atoms with Crippen LogP contribution < -0.4 is 4.90 Å². The van der Waals surface area contributed by atoms with Crippen LogP contribution in [0.15, 0.2) is 237 Å². The van der Waals surface area contributed by atoms with Crippen LogP contribution in [-0.2, 0) is 10.8 Å². The third kappa shape index (κ3) is 5.52. The normalized spacial score (nSPS) is 13.9. The molecular formula is C64H45N. The van der Waals surface area contributed by atoms with E-state index in [1.807, 2.05) is 0 Å². The highest BCUT2D eigenvalue weighted by molar-refractivity contribution is 5.98. The first-order valence-electron chi connectivity index (χ1n) is 22.8. The number of benzene rings is 10. The van der Waals surface area contributed by atoms with Crippen LogP contribution in [0.25, 0.3) is 66.8 Å². The van der Waals surface area contributed by atoms with Crippen LogP contribution in [0.3, 0.4) is 0 Å². The number of hydrogen-bond donors (Lipinski definition) is 0. The monoisotopic (exact) mass is 827 g/mol. The van der Waals surface area contributed by atoms with E-state index in [-0.39, 0.29) is 5.41 Å². The lowest BCUT2D eigenvalue weighted by atomic mass is 9.69. The minimum atomic E-state index is -0.563. The Labute approximate surface area is 381 Å². The maximum Gasteiger partial charge on any atom is 0.0726 e. The van der Waals surface area contributed by atoms with Crippen LogP contribution >= 0.6 is 0 Å². The maximum absolute atomic E-state index is 2.52. The molecule has 3 aliphatic rings. The minimum Gasteiger partial charge on any atom is -0.310 e.